The number of ether oxygens (including phenoxy) is 1. The van der Waals surface area contributed by atoms with Gasteiger partial charge in [-0.25, -0.2) is 0 Å². The molecule has 0 aromatic heterocycles. The summed E-state index contributed by atoms with van der Waals surface area (Å²) in [5, 5.41) is 6.17. The third-order valence-electron chi connectivity index (χ3n) is 8.67. The van der Waals surface area contributed by atoms with Gasteiger partial charge in [-0.2, -0.15) is 0 Å². The fourth-order valence-electron chi connectivity index (χ4n) is 7.47. The van der Waals surface area contributed by atoms with E-state index in [2.05, 4.69) is 10.6 Å². The topological polar surface area (TPSA) is 105 Å². The van der Waals surface area contributed by atoms with E-state index in [4.69, 9.17) is 4.74 Å². The predicted octanol–water partition coefficient (Wildman–Crippen LogP) is 2.59. The molecule has 5 aliphatic rings. The number of esters is 1. The molecule has 8 heteroatoms. The third-order valence-corrected chi connectivity index (χ3v) is 8.67. The van der Waals surface area contributed by atoms with E-state index in [0.717, 1.165) is 23.8 Å². The lowest BCUT2D eigenvalue weighted by molar-refractivity contribution is -0.142. The second-order valence-electron chi connectivity index (χ2n) is 11.3. The molecule has 1 heterocycles. The van der Waals surface area contributed by atoms with E-state index in [-0.39, 0.29) is 23.8 Å². The zero-order chi connectivity index (χ0) is 25.4. The van der Waals surface area contributed by atoms with Gasteiger partial charge in [-0.05, 0) is 86.3 Å². The Morgan fingerprint density at radius 1 is 0.972 bits per heavy atom. The Morgan fingerprint density at radius 2 is 1.61 bits per heavy atom. The van der Waals surface area contributed by atoms with Gasteiger partial charge < -0.3 is 20.3 Å². The van der Waals surface area contributed by atoms with Crippen LogP contribution in [-0.2, 0) is 25.6 Å². The van der Waals surface area contributed by atoms with Crippen LogP contribution >= 0.6 is 0 Å². The highest BCUT2D eigenvalue weighted by Gasteiger charge is 2.49. The number of nitrogens with one attached hydrogen (secondary N) is 2. The minimum absolute atomic E-state index is 0.0365. The fourth-order valence-corrected chi connectivity index (χ4v) is 7.47. The van der Waals surface area contributed by atoms with Gasteiger partial charge in [0.2, 0.25) is 17.7 Å². The molecule has 4 aliphatic carbocycles. The summed E-state index contributed by atoms with van der Waals surface area (Å²) in [6, 6.07) is 5.88. The number of rotatable bonds is 7. The number of carbonyl (C=O) groups excluding carboxylic acids is 4. The molecular weight excluding hydrogens is 458 g/mol. The van der Waals surface area contributed by atoms with E-state index < -0.39 is 18.1 Å². The standard InChI is InChI=1S/C28H37N3O5/c1-16(32)29-24(15-18-5-7-23(8-6-18)36-17(2)33)28(35)31-9-3-4-25(31)27(34)30-26-21-11-19-10-20(13-21)14-22(26)12-19/h5-8,19-22,24-26H,3-4,9-15H2,1-2H3,(H,29,32)(H,30,34). The van der Waals surface area contributed by atoms with Crippen LogP contribution in [0.25, 0.3) is 0 Å². The van der Waals surface area contributed by atoms with Crippen LogP contribution < -0.4 is 15.4 Å². The number of benzene rings is 1. The van der Waals surface area contributed by atoms with E-state index in [1.807, 2.05) is 0 Å². The van der Waals surface area contributed by atoms with E-state index >= 15 is 0 Å². The van der Waals surface area contributed by atoms with E-state index in [0.29, 0.717) is 37.0 Å². The highest BCUT2D eigenvalue weighted by atomic mass is 16.5. The van der Waals surface area contributed by atoms with Crippen LogP contribution in [0.4, 0.5) is 0 Å². The molecule has 2 N–H and O–H groups in total. The first-order valence-corrected chi connectivity index (χ1v) is 13.4. The highest BCUT2D eigenvalue weighted by molar-refractivity contribution is 5.92. The van der Waals surface area contributed by atoms with Gasteiger partial charge >= 0.3 is 5.97 Å². The van der Waals surface area contributed by atoms with Crippen LogP contribution in [0.1, 0.15) is 64.4 Å². The van der Waals surface area contributed by atoms with Crippen molar-refractivity contribution >= 4 is 23.7 Å². The first kappa shape index (κ1) is 24.8. The minimum atomic E-state index is -0.767. The van der Waals surface area contributed by atoms with Crippen LogP contribution in [0.3, 0.4) is 0 Å². The molecule has 194 valence electrons. The lowest BCUT2D eigenvalue weighted by Crippen LogP contribution is -2.59. The van der Waals surface area contributed by atoms with Gasteiger partial charge in [0, 0.05) is 32.9 Å². The Kier molecular flexibility index (Phi) is 7.04. The van der Waals surface area contributed by atoms with Crippen LogP contribution in [-0.4, -0.2) is 53.3 Å². The maximum Gasteiger partial charge on any atom is 0.308 e. The summed E-state index contributed by atoms with van der Waals surface area (Å²) in [6.07, 6.45) is 8.00. The number of nitrogens with zero attached hydrogens (tertiary/aromatic N) is 1. The van der Waals surface area contributed by atoms with Gasteiger partial charge in [-0.3, -0.25) is 19.2 Å². The van der Waals surface area contributed by atoms with Crippen molar-refractivity contribution in [3.05, 3.63) is 29.8 Å². The smallest absolute Gasteiger partial charge is 0.308 e. The summed E-state index contributed by atoms with van der Waals surface area (Å²) in [4.78, 5) is 51.8. The molecule has 1 saturated heterocycles. The zero-order valence-corrected chi connectivity index (χ0v) is 21.2. The molecule has 0 spiro atoms. The van der Waals surface area contributed by atoms with E-state index in [9.17, 15) is 19.2 Å². The Balaban J connectivity index is 1.25. The summed E-state index contributed by atoms with van der Waals surface area (Å²) < 4.78 is 5.08. The largest absolute Gasteiger partial charge is 0.427 e. The van der Waals surface area contributed by atoms with Crippen molar-refractivity contribution in [2.45, 2.75) is 83.3 Å². The van der Waals surface area contributed by atoms with Crippen molar-refractivity contribution in [1.29, 1.82) is 0 Å². The summed E-state index contributed by atoms with van der Waals surface area (Å²) in [5.41, 5.74) is 0.826. The van der Waals surface area contributed by atoms with E-state index in [1.54, 1.807) is 29.2 Å². The van der Waals surface area contributed by atoms with Gasteiger partial charge in [0.05, 0.1) is 0 Å². The molecule has 1 aromatic carbocycles. The van der Waals surface area contributed by atoms with Crippen molar-refractivity contribution in [3.8, 4) is 5.75 Å². The average Bonchev–Trinajstić information content (AvgIpc) is 3.31. The lowest BCUT2D eigenvalue weighted by atomic mass is 9.54. The quantitative estimate of drug-likeness (QED) is 0.447. The Morgan fingerprint density at radius 3 is 2.19 bits per heavy atom. The molecule has 2 unspecified atom stereocenters. The number of likely N-dealkylation sites (tertiary alicyclic amines) is 1. The molecule has 0 radical (unpaired) electrons. The van der Waals surface area contributed by atoms with Crippen molar-refractivity contribution in [3.63, 3.8) is 0 Å². The Labute approximate surface area is 212 Å². The SMILES string of the molecule is CC(=O)NC(Cc1ccc(OC(C)=O)cc1)C(=O)N1CCCC1C(=O)NC1C2CC3CC(C2)CC1C3. The average molecular weight is 496 g/mol. The van der Waals surface area contributed by atoms with Crippen LogP contribution in [0, 0.1) is 23.7 Å². The molecule has 1 aliphatic heterocycles. The first-order chi connectivity index (χ1) is 17.3. The monoisotopic (exact) mass is 495 g/mol. The Bertz CT molecular complexity index is 995. The predicted molar refractivity (Wildman–Crippen MR) is 133 cm³/mol. The minimum Gasteiger partial charge on any atom is -0.427 e. The van der Waals surface area contributed by atoms with Gasteiger partial charge in [-0.1, -0.05) is 12.1 Å². The van der Waals surface area contributed by atoms with Crippen molar-refractivity contribution in [2.75, 3.05) is 6.54 Å². The summed E-state index contributed by atoms with van der Waals surface area (Å²) in [5.74, 6) is 2.31. The number of hydrogen-bond acceptors (Lipinski definition) is 5. The third kappa shape index (κ3) is 5.27. The molecule has 5 fully saturated rings. The summed E-state index contributed by atoms with van der Waals surface area (Å²) >= 11 is 0. The van der Waals surface area contributed by atoms with Gasteiger partial charge in [-0.15, -0.1) is 0 Å². The van der Waals surface area contributed by atoms with Crippen LogP contribution in [0.15, 0.2) is 24.3 Å². The molecule has 2 atom stereocenters. The zero-order valence-electron chi connectivity index (χ0n) is 21.2. The van der Waals surface area contributed by atoms with Gasteiger partial charge in [0.1, 0.15) is 17.8 Å². The van der Waals surface area contributed by atoms with Crippen LogP contribution in [0.2, 0.25) is 0 Å². The molecule has 1 aromatic rings. The maximum absolute atomic E-state index is 13.6. The summed E-state index contributed by atoms with van der Waals surface area (Å²) in [7, 11) is 0. The van der Waals surface area contributed by atoms with Crippen molar-refractivity contribution in [1.82, 2.24) is 15.5 Å². The molecule has 3 amide bonds. The molecule has 8 nitrogen and oxygen atoms in total. The highest BCUT2D eigenvalue weighted by Crippen LogP contribution is 2.53. The first-order valence-electron chi connectivity index (χ1n) is 13.4. The van der Waals surface area contributed by atoms with Crippen molar-refractivity contribution < 1.29 is 23.9 Å². The second-order valence-corrected chi connectivity index (χ2v) is 11.3. The molecular formula is C28H37N3O5. The Hall–Kier alpha value is -2.90. The fraction of sp³-hybridized carbons (Fsp3) is 0.643. The number of carbonyl (C=O) groups is 4. The van der Waals surface area contributed by atoms with Crippen LogP contribution in [0.5, 0.6) is 5.75 Å². The van der Waals surface area contributed by atoms with Crippen molar-refractivity contribution in [2.24, 2.45) is 23.7 Å². The summed E-state index contributed by atoms with van der Waals surface area (Å²) in [6.45, 7) is 3.25. The molecule has 6 rings (SSSR count). The molecule has 36 heavy (non-hydrogen) atoms. The normalized spacial score (nSPS) is 31.1. The van der Waals surface area contributed by atoms with Gasteiger partial charge in [0.25, 0.3) is 0 Å². The van der Waals surface area contributed by atoms with E-state index in [1.165, 1.54) is 46.0 Å². The maximum atomic E-state index is 13.6. The number of amides is 3. The number of hydrogen-bond donors (Lipinski definition) is 2. The second kappa shape index (κ2) is 10.2. The lowest BCUT2D eigenvalue weighted by Gasteiger charge is -2.54. The van der Waals surface area contributed by atoms with Gasteiger partial charge in [0.15, 0.2) is 0 Å². The molecule has 4 bridgehead atoms. The molecule has 4 saturated carbocycles.